The zero-order valence-electron chi connectivity index (χ0n) is 7.97. The molecule has 1 N–H and O–H groups in total. The molecular weight excluding hydrogens is 232 g/mol. The summed E-state index contributed by atoms with van der Waals surface area (Å²) in [7, 11) is 0. The Morgan fingerprint density at radius 1 is 1.25 bits per heavy atom. The molecule has 0 unspecified atom stereocenters. The molecule has 0 bridgehead atoms. The highest BCUT2D eigenvalue weighted by molar-refractivity contribution is 7.00. The molecule has 0 fully saturated rings. The summed E-state index contributed by atoms with van der Waals surface area (Å²) in [6.07, 6.45) is 0. The first kappa shape index (κ1) is 9.16. The lowest BCUT2D eigenvalue weighted by Crippen LogP contribution is -2.13. The highest BCUT2D eigenvalue weighted by atomic mass is 32.1. The molecule has 0 radical (unpaired) electrons. The summed E-state index contributed by atoms with van der Waals surface area (Å²) in [5.41, 5.74) is -0.720. The number of hydrogen-bond donors (Lipinski definition) is 1. The van der Waals surface area contributed by atoms with Gasteiger partial charge in [0, 0.05) is 0 Å². The molecule has 0 aliphatic carbocycles. The van der Waals surface area contributed by atoms with Crippen molar-refractivity contribution < 1.29 is 4.42 Å². The normalized spacial score (nSPS) is 11.3. The lowest BCUT2D eigenvalue weighted by molar-refractivity contribution is 0.554. The molecule has 0 aromatic carbocycles. The lowest BCUT2D eigenvalue weighted by Gasteiger charge is -1.96. The summed E-state index contributed by atoms with van der Waals surface area (Å²) in [6.45, 7) is 1.60. The fraction of sp³-hybridized carbons (Fsp3) is 0.125. The molecule has 3 heterocycles. The largest absolute Gasteiger partial charge is 0.402 e. The molecule has 0 aliphatic heterocycles. The van der Waals surface area contributed by atoms with Gasteiger partial charge < -0.3 is 9.40 Å². The quantitative estimate of drug-likeness (QED) is 0.597. The Morgan fingerprint density at radius 3 is 2.81 bits per heavy atom. The average Bonchev–Trinajstić information content (AvgIpc) is 2.65. The molecular formula is C8H4N4O3S. The third-order valence-electron chi connectivity index (χ3n) is 2.11. The monoisotopic (exact) mass is 236 g/mol. The molecule has 8 heteroatoms. The van der Waals surface area contributed by atoms with Crippen molar-refractivity contribution >= 4 is 33.9 Å². The number of nitrogens with one attached hydrogen (secondary N) is 1. The van der Waals surface area contributed by atoms with Crippen LogP contribution in [0.5, 0.6) is 0 Å². The van der Waals surface area contributed by atoms with Crippen LogP contribution in [0.2, 0.25) is 0 Å². The van der Waals surface area contributed by atoms with E-state index in [4.69, 9.17) is 4.42 Å². The Balaban J connectivity index is 2.76. The minimum Gasteiger partial charge on any atom is -0.402 e. The predicted molar refractivity (Wildman–Crippen MR) is 56.6 cm³/mol. The van der Waals surface area contributed by atoms with E-state index in [2.05, 4.69) is 18.7 Å². The van der Waals surface area contributed by atoms with Crippen molar-refractivity contribution in [1.29, 1.82) is 0 Å². The third kappa shape index (κ3) is 1.10. The Labute approximate surface area is 91.1 Å². The van der Waals surface area contributed by atoms with Gasteiger partial charge in [0.2, 0.25) is 5.71 Å². The van der Waals surface area contributed by atoms with Crippen molar-refractivity contribution in [3.8, 4) is 0 Å². The van der Waals surface area contributed by atoms with Crippen molar-refractivity contribution in [2.75, 3.05) is 0 Å². The molecule has 3 aromatic rings. The topological polar surface area (TPSA) is 102 Å². The highest BCUT2D eigenvalue weighted by Gasteiger charge is 2.15. The number of fused-ring (bicyclic) bond motifs is 3. The van der Waals surface area contributed by atoms with Gasteiger partial charge >= 0.3 is 5.63 Å². The van der Waals surface area contributed by atoms with Crippen molar-refractivity contribution in [2.45, 2.75) is 6.92 Å². The smallest absolute Gasteiger partial charge is 0.367 e. The average molecular weight is 236 g/mol. The van der Waals surface area contributed by atoms with Gasteiger partial charge in [0.25, 0.3) is 5.56 Å². The fourth-order valence-corrected chi connectivity index (χ4v) is 2.01. The van der Waals surface area contributed by atoms with Gasteiger partial charge in [-0.3, -0.25) is 4.79 Å². The number of rotatable bonds is 0. The summed E-state index contributed by atoms with van der Waals surface area (Å²) in [4.78, 5) is 29.6. The summed E-state index contributed by atoms with van der Waals surface area (Å²) in [5.74, 6) is 0.378. The molecule has 3 aromatic heterocycles. The maximum absolute atomic E-state index is 11.7. The second-order valence-corrected chi connectivity index (χ2v) is 3.71. The van der Waals surface area contributed by atoms with Crippen LogP contribution in [0.15, 0.2) is 14.0 Å². The summed E-state index contributed by atoms with van der Waals surface area (Å²) < 4.78 is 12.6. The van der Waals surface area contributed by atoms with Gasteiger partial charge in [-0.05, 0) is 6.92 Å². The van der Waals surface area contributed by atoms with Gasteiger partial charge in [-0.25, -0.2) is 4.79 Å². The number of aromatic amines is 1. The zero-order chi connectivity index (χ0) is 11.3. The number of aryl methyl sites for hydroxylation is 1. The van der Waals surface area contributed by atoms with E-state index >= 15 is 0 Å². The molecule has 0 aliphatic rings. The first-order valence-electron chi connectivity index (χ1n) is 4.33. The van der Waals surface area contributed by atoms with Crippen LogP contribution in [-0.4, -0.2) is 18.7 Å². The van der Waals surface area contributed by atoms with Crippen LogP contribution in [0.25, 0.3) is 22.1 Å². The molecule has 0 atom stereocenters. The maximum Gasteiger partial charge on any atom is 0.367 e. The zero-order valence-corrected chi connectivity index (χ0v) is 8.79. The summed E-state index contributed by atoms with van der Waals surface area (Å²) >= 11 is 0.854. The SMILES string of the molecule is Cc1nc2oc(=O)c3nsnc3c2c(=O)[nH]1. The van der Waals surface area contributed by atoms with Crippen LogP contribution in [0.4, 0.5) is 0 Å². The number of hydrogen-bond acceptors (Lipinski definition) is 7. The van der Waals surface area contributed by atoms with Crippen molar-refractivity contribution in [2.24, 2.45) is 0 Å². The number of nitrogens with zero attached hydrogens (tertiary/aromatic N) is 3. The molecule has 16 heavy (non-hydrogen) atoms. The minimum absolute atomic E-state index is 0.00792. The molecule has 3 rings (SSSR count). The third-order valence-corrected chi connectivity index (χ3v) is 2.64. The Bertz CT molecular complexity index is 815. The van der Waals surface area contributed by atoms with Crippen LogP contribution < -0.4 is 11.2 Å². The highest BCUT2D eigenvalue weighted by Crippen LogP contribution is 2.15. The Kier molecular flexibility index (Phi) is 1.69. The second kappa shape index (κ2) is 2.95. The predicted octanol–water partition coefficient (Wildman–Crippen LogP) is 0.189. The van der Waals surface area contributed by atoms with Gasteiger partial charge in [-0.1, -0.05) is 0 Å². The van der Waals surface area contributed by atoms with Gasteiger partial charge in [-0.15, -0.1) is 0 Å². The van der Waals surface area contributed by atoms with Crippen LogP contribution in [0.3, 0.4) is 0 Å². The standard InChI is InChI=1S/C8H4N4O3S/c1-2-9-6(13)3-4-5(12-16-11-4)8(14)15-7(3)10-2/h1H3,(H,9,10,13). The maximum atomic E-state index is 11.7. The van der Waals surface area contributed by atoms with E-state index in [1.807, 2.05) is 0 Å². The van der Waals surface area contributed by atoms with Gasteiger partial charge in [0.15, 0.2) is 5.52 Å². The van der Waals surface area contributed by atoms with Crippen LogP contribution >= 0.6 is 11.7 Å². The molecule has 0 saturated carbocycles. The van der Waals surface area contributed by atoms with E-state index in [1.54, 1.807) is 6.92 Å². The molecule has 80 valence electrons. The first-order chi connectivity index (χ1) is 7.66. The van der Waals surface area contributed by atoms with Crippen LogP contribution in [0.1, 0.15) is 5.82 Å². The first-order valence-corrected chi connectivity index (χ1v) is 5.06. The van der Waals surface area contributed by atoms with Gasteiger partial charge in [0.05, 0.1) is 11.7 Å². The fourth-order valence-electron chi connectivity index (χ4n) is 1.47. The van der Waals surface area contributed by atoms with E-state index in [0.29, 0.717) is 5.82 Å². The van der Waals surface area contributed by atoms with E-state index in [1.165, 1.54) is 0 Å². The number of aromatic nitrogens is 4. The van der Waals surface area contributed by atoms with Crippen LogP contribution in [-0.2, 0) is 0 Å². The van der Waals surface area contributed by atoms with Crippen molar-refractivity contribution in [3.05, 3.63) is 26.6 Å². The molecule has 0 amide bonds. The van der Waals surface area contributed by atoms with Gasteiger partial charge in [0.1, 0.15) is 16.7 Å². The molecule has 0 spiro atoms. The van der Waals surface area contributed by atoms with E-state index in [9.17, 15) is 9.59 Å². The second-order valence-electron chi connectivity index (χ2n) is 3.18. The summed E-state index contributed by atoms with van der Waals surface area (Å²) in [6, 6.07) is 0. The minimum atomic E-state index is -0.631. The van der Waals surface area contributed by atoms with E-state index < -0.39 is 5.63 Å². The Morgan fingerprint density at radius 2 is 2.00 bits per heavy atom. The molecule has 7 nitrogen and oxygen atoms in total. The van der Waals surface area contributed by atoms with E-state index in [-0.39, 0.29) is 27.7 Å². The number of H-pyrrole nitrogens is 1. The van der Waals surface area contributed by atoms with Crippen molar-refractivity contribution in [1.82, 2.24) is 18.7 Å². The lowest BCUT2D eigenvalue weighted by atomic mass is 10.3. The summed E-state index contributed by atoms with van der Waals surface area (Å²) in [5, 5.41) is 0.161. The van der Waals surface area contributed by atoms with Gasteiger partial charge in [-0.2, -0.15) is 13.7 Å². The Hall–Kier alpha value is -2.09. The van der Waals surface area contributed by atoms with E-state index in [0.717, 1.165) is 11.7 Å². The van der Waals surface area contributed by atoms with Crippen LogP contribution in [0, 0.1) is 6.92 Å². The molecule has 0 saturated heterocycles. The van der Waals surface area contributed by atoms with Crippen molar-refractivity contribution in [3.63, 3.8) is 0 Å².